The highest BCUT2D eigenvalue weighted by Crippen LogP contribution is 2.49. The molecule has 3 rings (SSSR count). The molecule has 6 heteroatoms. The minimum atomic E-state index is 0.330. The second kappa shape index (κ2) is 4.00. The molecule has 0 unspecified atom stereocenters. The number of rotatable bonds is 2. The summed E-state index contributed by atoms with van der Waals surface area (Å²) >= 11 is 3.34. The molecule has 1 aromatic rings. The standard InChI is InChI=1S/C10H13N3OS2/c1-5-11-12-10(15-5)16-9-7-3-2-6(4-7)8(9)13-14/h6-7,9,14H,2-4H2,1H3/b13-8+/t6-,7-,9-/m0/s1. The number of nitrogens with zero attached hydrogens (tertiary/aromatic N) is 3. The summed E-state index contributed by atoms with van der Waals surface area (Å²) in [4.78, 5) is 0. The Bertz CT molecular complexity index is 431. The van der Waals surface area contributed by atoms with Crippen LogP contribution < -0.4 is 0 Å². The zero-order valence-electron chi connectivity index (χ0n) is 8.96. The number of aromatic nitrogens is 2. The fourth-order valence-corrected chi connectivity index (χ4v) is 5.15. The van der Waals surface area contributed by atoms with E-state index in [1.54, 1.807) is 23.1 Å². The highest BCUT2D eigenvalue weighted by atomic mass is 32.2. The SMILES string of the molecule is Cc1nnc(S[C@@H]2/C(=N/O)[C@H]3CC[C@H]2C3)s1. The number of oxime groups is 1. The summed E-state index contributed by atoms with van der Waals surface area (Å²) in [6.07, 6.45) is 3.64. The lowest BCUT2D eigenvalue weighted by Gasteiger charge is -2.20. The molecule has 2 aliphatic carbocycles. The van der Waals surface area contributed by atoms with Crippen molar-refractivity contribution < 1.29 is 5.21 Å². The summed E-state index contributed by atoms with van der Waals surface area (Å²) in [6, 6.07) is 0. The highest BCUT2D eigenvalue weighted by molar-refractivity contribution is 8.02. The quantitative estimate of drug-likeness (QED) is 0.652. The van der Waals surface area contributed by atoms with E-state index in [0.29, 0.717) is 17.1 Å². The first kappa shape index (κ1) is 10.5. The lowest BCUT2D eigenvalue weighted by atomic mass is 9.98. The largest absolute Gasteiger partial charge is 0.411 e. The molecule has 0 amide bonds. The van der Waals surface area contributed by atoms with E-state index < -0.39 is 0 Å². The van der Waals surface area contributed by atoms with Crippen molar-refractivity contribution in [1.29, 1.82) is 0 Å². The number of thioether (sulfide) groups is 1. The molecule has 4 nitrogen and oxygen atoms in total. The Labute approximate surface area is 102 Å². The predicted octanol–water partition coefficient (Wildman–Crippen LogP) is 2.57. The monoisotopic (exact) mass is 255 g/mol. The van der Waals surface area contributed by atoms with E-state index in [4.69, 9.17) is 5.21 Å². The lowest BCUT2D eigenvalue weighted by molar-refractivity contribution is 0.314. The minimum absolute atomic E-state index is 0.330. The maximum absolute atomic E-state index is 9.08. The number of fused-ring (bicyclic) bond motifs is 2. The van der Waals surface area contributed by atoms with Crippen molar-refractivity contribution in [3.63, 3.8) is 0 Å². The van der Waals surface area contributed by atoms with Gasteiger partial charge < -0.3 is 5.21 Å². The van der Waals surface area contributed by atoms with Crippen LogP contribution in [0.3, 0.4) is 0 Å². The van der Waals surface area contributed by atoms with Crippen LogP contribution in [0.5, 0.6) is 0 Å². The summed E-state index contributed by atoms with van der Waals surface area (Å²) in [7, 11) is 0. The van der Waals surface area contributed by atoms with Gasteiger partial charge in [0, 0.05) is 5.92 Å². The lowest BCUT2D eigenvalue weighted by Crippen LogP contribution is -2.24. The van der Waals surface area contributed by atoms with Crippen LogP contribution in [0.25, 0.3) is 0 Å². The second-order valence-electron chi connectivity index (χ2n) is 4.42. The molecule has 0 radical (unpaired) electrons. The van der Waals surface area contributed by atoms with Crippen molar-refractivity contribution >= 4 is 28.8 Å². The highest BCUT2D eigenvalue weighted by Gasteiger charge is 2.46. The Balaban J connectivity index is 1.80. The van der Waals surface area contributed by atoms with Crippen LogP contribution in [0.1, 0.15) is 24.3 Å². The third-order valence-corrected chi connectivity index (χ3v) is 5.80. The molecular weight excluding hydrogens is 242 g/mol. The zero-order chi connectivity index (χ0) is 11.1. The Morgan fingerprint density at radius 2 is 2.31 bits per heavy atom. The smallest absolute Gasteiger partial charge is 0.174 e. The minimum Gasteiger partial charge on any atom is -0.411 e. The van der Waals surface area contributed by atoms with Crippen molar-refractivity contribution in [2.24, 2.45) is 17.0 Å². The van der Waals surface area contributed by atoms with Crippen molar-refractivity contribution in [3.8, 4) is 0 Å². The average molecular weight is 255 g/mol. The van der Waals surface area contributed by atoms with Gasteiger partial charge in [-0.05, 0) is 32.1 Å². The van der Waals surface area contributed by atoms with Gasteiger partial charge in [0.2, 0.25) is 0 Å². The van der Waals surface area contributed by atoms with Crippen LogP contribution in [0.2, 0.25) is 0 Å². The van der Waals surface area contributed by atoms with E-state index >= 15 is 0 Å². The number of aryl methyl sites for hydroxylation is 1. The first-order chi connectivity index (χ1) is 7.78. The Kier molecular flexibility index (Phi) is 2.63. The molecule has 0 spiro atoms. The van der Waals surface area contributed by atoms with Crippen LogP contribution in [0, 0.1) is 18.8 Å². The summed E-state index contributed by atoms with van der Waals surface area (Å²) in [5.41, 5.74) is 0.981. The van der Waals surface area contributed by atoms with E-state index in [0.717, 1.165) is 15.1 Å². The first-order valence-electron chi connectivity index (χ1n) is 5.46. The second-order valence-corrected chi connectivity index (χ2v) is 6.99. The third kappa shape index (κ3) is 1.64. The molecule has 2 aliphatic rings. The summed E-state index contributed by atoms with van der Waals surface area (Å²) < 4.78 is 0.996. The predicted molar refractivity (Wildman–Crippen MR) is 64.3 cm³/mol. The molecule has 2 bridgehead atoms. The summed E-state index contributed by atoms with van der Waals surface area (Å²) in [5.74, 6) is 1.19. The van der Waals surface area contributed by atoms with Gasteiger partial charge in [-0.2, -0.15) is 0 Å². The summed E-state index contributed by atoms with van der Waals surface area (Å²) in [5, 5.41) is 22.1. The van der Waals surface area contributed by atoms with Gasteiger partial charge in [-0.3, -0.25) is 0 Å². The molecule has 2 saturated carbocycles. The molecule has 0 saturated heterocycles. The van der Waals surface area contributed by atoms with Gasteiger partial charge in [0.15, 0.2) is 4.34 Å². The third-order valence-electron chi connectivity index (χ3n) is 3.46. The molecule has 1 N–H and O–H groups in total. The van der Waals surface area contributed by atoms with Crippen LogP contribution in [0.15, 0.2) is 9.50 Å². The van der Waals surface area contributed by atoms with Crippen molar-refractivity contribution in [3.05, 3.63) is 5.01 Å². The molecule has 1 aromatic heterocycles. The van der Waals surface area contributed by atoms with Gasteiger partial charge in [0.25, 0.3) is 0 Å². The van der Waals surface area contributed by atoms with Gasteiger partial charge in [-0.1, -0.05) is 28.3 Å². The maximum atomic E-state index is 9.08. The Hall–Kier alpha value is -0.620. The summed E-state index contributed by atoms with van der Waals surface area (Å²) in [6.45, 7) is 1.96. The Morgan fingerprint density at radius 3 is 3.00 bits per heavy atom. The van der Waals surface area contributed by atoms with Gasteiger partial charge in [-0.15, -0.1) is 10.2 Å². The Morgan fingerprint density at radius 1 is 1.44 bits per heavy atom. The van der Waals surface area contributed by atoms with Crippen LogP contribution in [0.4, 0.5) is 0 Å². The van der Waals surface area contributed by atoms with E-state index in [-0.39, 0.29) is 0 Å². The van der Waals surface area contributed by atoms with E-state index in [1.165, 1.54) is 19.3 Å². The van der Waals surface area contributed by atoms with Gasteiger partial charge >= 0.3 is 0 Å². The normalized spacial score (nSPS) is 35.1. The topological polar surface area (TPSA) is 58.4 Å². The van der Waals surface area contributed by atoms with E-state index in [9.17, 15) is 0 Å². The van der Waals surface area contributed by atoms with Crippen LogP contribution in [-0.2, 0) is 0 Å². The van der Waals surface area contributed by atoms with Gasteiger partial charge in [0.1, 0.15) is 5.01 Å². The van der Waals surface area contributed by atoms with Gasteiger partial charge in [-0.25, -0.2) is 0 Å². The van der Waals surface area contributed by atoms with Crippen molar-refractivity contribution in [2.75, 3.05) is 0 Å². The fourth-order valence-electron chi connectivity index (χ4n) is 2.76. The molecular formula is C10H13N3OS2. The molecule has 1 heterocycles. The molecule has 2 fully saturated rings. The van der Waals surface area contributed by atoms with Crippen molar-refractivity contribution in [2.45, 2.75) is 35.8 Å². The molecule has 3 atom stereocenters. The first-order valence-corrected chi connectivity index (χ1v) is 7.16. The molecule has 86 valence electrons. The molecule has 0 aromatic carbocycles. The van der Waals surface area contributed by atoms with Crippen LogP contribution >= 0.6 is 23.1 Å². The van der Waals surface area contributed by atoms with Crippen LogP contribution in [-0.4, -0.2) is 26.4 Å². The van der Waals surface area contributed by atoms with E-state index in [1.807, 2.05) is 6.92 Å². The van der Waals surface area contributed by atoms with Crippen molar-refractivity contribution in [1.82, 2.24) is 10.2 Å². The maximum Gasteiger partial charge on any atom is 0.174 e. The van der Waals surface area contributed by atoms with Gasteiger partial charge in [0.05, 0.1) is 11.0 Å². The fraction of sp³-hybridized carbons (Fsp3) is 0.700. The molecule has 16 heavy (non-hydrogen) atoms. The zero-order valence-corrected chi connectivity index (χ0v) is 10.6. The average Bonchev–Trinajstić information content (AvgIpc) is 2.94. The van der Waals surface area contributed by atoms with E-state index in [2.05, 4.69) is 15.4 Å². The molecule has 0 aliphatic heterocycles. The number of hydrogen-bond acceptors (Lipinski definition) is 6. The number of hydrogen-bond donors (Lipinski definition) is 1.